The van der Waals surface area contributed by atoms with Crippen molar-refractivity contribution >= 4 is 29.1 Å². The van der Waals surface area contributed by atoms with Crippen LogP contribution < -0.4 is 5.01 Å². The van der Waals surface area contributed by atoms with Gasteiger partial charge in [-0.15, -0.1) is 5.10 Å². The Labute approximate surface area is 209 Å². The Morgan fingerprint density at radius 2 is 1.78 bits per heavy atom. The van der Waals surface area contributed by atoms with Gasteiger partial charge in [0.25, 0.3) is 0 Å². The van der Waals surface area contributed by atoms with Crippen molar-refractivity contribution in [2.75, 3.05) is 11.6 Å². The van der Waals surface area contributed by atoms with Crippen LogP contribution in [0.15, 0.2) is 88.5 Å². The Kier molecular flexibility index (Phi) is 5.40. The van der Waals surface area contributed by atoms with Gasteiger partial charge in [0.2, 0.25) is 11.8 Å². The monoisotopic (exact) mass is 480 g/mol. The Bertz CT molecular complexity index is 1440. The fourth-order valence-electron chi connectivity index (χ4n) is 5.10. The fourth-order valence-corrected chi connectivity index (χ4v) is 5.10. The molecule has 0 fully saturated rings. The third kappa shape index (κ3) is 3.59. The van der Waals surface area contributed by atoms with Gasteiger partial charge in [-0.1, -0.05) is 54.1 Å². The summed E-state index contributed by atoms with van der Waals surface area (Å²) in [5.41, 5.74) is 7.18. The minimum absolute atomic E-state index is 0.163. The molecule has 2 heterocycles. The fraction of sp³-hybridized carbons (Fsp3) is 0.207. The molecule has 0 saturated carbocycles. The number of hydrogen-bond donors (Lipinski definition) is 0. The van der Waals surface area contributed by atoms with Gasteiger partial charge in [0.15, 0.2) is 0 Å². The molecule has 0 aromatic heterocycles. The highest BCUT2D eigenvalue weighted by Crippen LogP contribution is 2.46. The van der Waals surface area contributed by atoms with Gasteiger partial charge < -0.3 is 4.74 Å². The average molecular weight is 481 g/mol. The summed E-state index contributed by atoms with van der Waals surface area (Å²) in [6.07, 6.45) is 1.70. The molecule has 0 bridgehead atoms. The quantitative estimate of drug-likeness (QED) is 0.456. The number of anilines is 1. The second kappa shape index (κ2) is 8.75. The number of halogens is 1. The number of benzene rings is 3. The number of carbonyl (C=O) groups excluding carboxylic acids is 1. The van der Waals surface area contributed by atoms with E-state index in [4.69, 9.17) is 9.73 Å². The van der Waals surface area contributed by atoms with Crippen LogP contribution in [0.3, 0.4) is 0 Å². The number of carbonyl (C=O) groups is 1. The highest BCUT2D eigenvalue weighted by Gasteiger charge is 2.46. The van der Waals surface area contributed by atoms with Crippen molar-refractivity contribution in [1.29, 1.82) is 0 Å². The number of amidine groups is 1. The maximum atomic E-state index is 13.7. The summed E-state index contributed by atoms with van der Waals surface area (Å²) in [5.74, 6) is -0.215. The molecule has 0 N–H and O–H groups in total. The Balaban J connectivity index is 1.58. The molecular weight excluding hydrogens is 455 g/mol. The molecule has 3 aromatic carbocycles. The molecule has 180 valence electrons. The standard InChI is InChI=1S/C29H25FN4O2/c1-3-36-28(35)27-32-34(22-15-13-21(30)14-16-22)29-31-25-23-7-5-4-6-19(23)12-17-24(25)26(33(27)29)20-10-8-18(2)9-11-20/h4-11,13-16,26H,3,12,17H2,1-2H3/t26-/m0/s1. The van der Waals surface area contributed by atoms with Crippen molar-refractivity contribution in [3.8, 4) is 0 Å². The third-order valence-corrected chi connectivity index (χ3v) is 6.79. The first kappa shape index (κ1) is 22.2. The van der Waals surface area contributed by atoms with Crippen LogP contribution in [0.2, 0.25) is 0 Å². The van der Waals surface area contributed by atoms with Crippen molar-refractivity contribution in [2.45, 2.75) is 32.7 Å². The lowest BCUT2D eigenvalue weighted by Gasteiger charge is -2.39. The van der Waals surface area contributed by atoms with Crippen molar-refractivity contribution in [3.63, 3.8) is 0 Å². The van der Waals surface area contributed by atoms with E-state index in [9.17, 15) is 9.18 Å². The lowest BCUT2D eigenvalue weighted by molar-refractivity contribution is -0.135. The largest absolute Gasteiger partial charge is 0.460 e. The van der Waals surface area contributed by atoms with E-state index in [2.05, 4.69) is 48.4 Å². The normalized spacial score (nSPS) is 18.2. The van der Waals surface area contributed by atoms with Gasteiger partial charge >= 0.3 is 5.97 Å². The van der Waals surface area contributed by atoms with E-state index in [1.165, 1.54) is 17.7 Å². The lowest BCUT2D eigenvalue weighted by Crippen LogP contribution is -2.46. The van der Waals surface area contributed by atoms with Gasteiger partial charge in [0.1, 0.15) is 5.82 Å². The molecule has 0 saturated heterocycles. The first-order chi connectivity index (χ1) is 17.5. The Morgan fingerprint density at radius 1 is 1.03 bits per heavy atom. The molecule has 0 spiro atoms. The van der Waals surface area contributed by atoms with Gasteiger partial charge in [0.05, 0.1) is 24.0 Å². The van der Waals surface area contributed by atoms with E-state index in [1.54, 1.807) is 24.1 Å². The van der Waals surface area contributed by atoms with E-state index in [0.717, 1.165) is 40.8 Å². The number of guanidine groups is 1. The van der Waals surface area contributed by atoms with Crippen LogP contribution >= 0.6 is 0 Å². The Morgan fingerprint density at radius 3 is 2.53 bits per heavy atom. The van der Waals surface area contributed by atoms with Gasteiger partial charge in [-0.3, -0.25) is 4.90 Å². The van der Waals surface area contributed by atoms with Crippen molar-refractivity contribution in [3.05, 3.63) is 106 Å². The number of esters is 1. The van der Waals surface area contributed by atoms with Crippen LogP contribution in [-0.4, -0.2) is 29.3 Å². The highest BCUT2D eigenvalue weighted by atomic mass is 19.1. The molecule has 0 radical (unpaired) electrons. The molecule has 1 aliphatic carbocycles. The minimum Gasteiger partial charge on any atom is -0.460 e. The van der Waals surface area contributed by atoms with E-state index >= 15 is 0 Å². The first-order valence-electron chi connectivity index (χ1n) is 12.1. The summed E-state index contributed by atoms with van der Waals surface area (Å²) in [6.45, 7) is 4.05. The minimum atomic E-state index is -0.521. The Hall–Kier alpha value is -4.26. The summed E-state index contributed by atoms with van der Waals surface area (Å²) < 4.78 is 19.1. The topological polar surface area (TPSA) is 57.5 Å². The van der Waals surface area contributed by atoms with E-state index < -0.39 is 5.97 Å². The van der Waals surface area contributed by atoms with Crippen LogP contribution in [0, 0.1) is 12.7 Å². The molecule has 2 aliphatic heterocycles. The van der Waals surface area contributed by atoms with E-state index in [1.807, 2.05) is 17.0 Å². The molecule has 3 aliphatic rings. The van der Waals surface area contributed by atoms with Crippen LogP contribution in [0.1, 0.15) is 41.6 Å². The van der Waals surface area contributed by atoms with Gasteiger partial charge in [0, 0.05) is 5.56 Å². The van der Waals surface area contributed by atoms with Crippen molar-refractivity contribution < 1.29 is 13.9 Å². The third-order valence-electron chi connectivity index (χ3n) is 6.79. The van der Waals surface area contributed by atoms with Gasteiger partial charge in [-0.05, 0) is 67.7 Å². The smallest absolute Gasteiger partial charge is 0.376 e. The summed E-state index contributed by atoms with van der Waals surface area (Å²) >= 11 is 0. The zero-order valence-corrected chi connectivity index (χ0v) is 20.1. The number of aliphatic imine (C=N–C) groups is 1. The average Bonchev–Trinajstić information content (AvgIpc) is 3.28. The molecule has 7 heteroatoms. The second-order valence-corrected chi connectivity index (χ2v) is 9.06. The van der Waals surface area contributed by atoms with E-state index in [-0.39, 0.29) is 24.3 Å². The molecule has 0 amide bonds. The zero-order valence-electron chi connectivity index (χ0n) is 20.1. The molecule has 6 nitrogen and oxygen atoms in total. The summed E-state index contributed by atoms with van der Waals surface area (Å²) in [5, 5.41) is 6.28. The second-order valence-electron chi connectivity index (χ2n) is 9.06. The molecule has 0 unspecified atom stereocenters. The maximum absolute atomic E-state index is 13.7. The maximum Gasteiger partial charge on any atom is 0.376 e. The highest BCUT2D eigenvalue weighted by molar-refractivity contribution is 6.41. The summed E-state index contributed by atoms with van der Waals surface area (Å²) in [7, 11) is 0. The van der Waals surface area contributed by atoms with Crippen LogP contribution in [0.5, 0.6) is 0 Å². The number of ether oxygens (including phenoxy) is 1. The van der Waals surface area contributed by atoms with Crippen LogP contribution in [-0.2, 0) is 16.0 Å². The van der Waals surface area contributed by atoms with Crippen molar-refractivity contribution in [1.82, 2.24) is 4.90 Å². The molecular formula is C29H25FN4O2. The predicted molar refractivity (Wildman–Crippen MR) is 138 cm³/mol. The molecule has 6 rings (SSSR count). The lowest BCUT2D eigenvalue weighted by atomic mass is 9.82. The van der Waals surface area contributed by atoms with Gasteiger partial charge in [-0.25, -0.2) is 14.2 Å². The number of aryl methyl sites for hydroxylation is 2. The SMILES string of the molecule is CCOC(=O)C1=NN(c2ccc(F)cc2)C2=NC3=C(CCc4ccccc43)[C@H](c3ccc(C)cc3)N12. The summed E-state index contributed by atoms with van der Waals surface area (Å²) in [4.78, 5) is 20.1. The zero-order chi connectivity index (χ0) is 24.8. The van der Waals surface area contributed by atoms with Crippen molar-refractivity contribution in [2.24, 2.45) is 10.1 Å². The number of hydrazone groups is 1. The number of fused-ring (bicyclic) bond motifs is 3. The summed E-state index contributed by atoms with van der Waals surface area (Å²) in [6, 6.07) is 22.4. The number of rotatable bonds is 4. The number of nitrogens with zero attached hydrogens (tertiary/aromatic N) is 4. The molecule has 3 aromatic rings. The molecule has 1 atom stereocenters. The first-order valence-corrected chi connectivity index (χ1v) is 12.1. The van der Waals surface area contributed by atoms with E-state index in [0.29, 0.717) is 11.6 Å². The van der Waals surface area contributed by atoms with Crippen LogP contribution in [0.4, 0.5) is 10.1 Å². The molecule has 36 heavy (non-hydrogen) atoms. The predicted octanol–water partition coefficient (Wildman–Crippen LogP) is 5.60. The van der Waals surface area contributed by atoms with Crippen LogP contribution in [0.25, 0.3) is 5.70 Å². The van der Waals surface area contributed by atoms with Gasteiger partial charge in [-0.2, -0.15) is 5.01 Å². The number of hydrogen-bond acceptors (Lipinski definition) is 6.